The second-order valence-electron chi connectivity index (χ2n) is 4.75. The monoisotopic (exact) mass is 162 g/mol. The summed E-state index contributed by atoms with van der Waals surface area (Å²) in [5, 5.41) is 8.94. The van der Waals surface area contributed by atoms with Crippen LogP contribution in [0.1, 0.15) is 6.42 Å². The summed E-state index contributed by atoms with van der Waals surface area (Å²) in [5.74, 6) is 3.89. The second-order valence-corrected chi connectivity index (χ2v) is 4.75. The third kappa shape index (κ3) is 0.366. The summed E-state index contributed by atoms with van der Waals surface area (Å²) in [6.45, 7) is 0. The summed E-state index contributed by atoms with van der Waals surface area (Å²) in [6, 6.07) is 0. The third-order valence-electron chi connectivity index (χ3n) is 4.63. The molecule has 0 spiro atoms. The van der Waals surface area contributed by atoms with Gasteiger partial charge in [-0.2, -0.15) is 0 Å². The van der Waals surface area contributed by atoms with Gasteiger partial charge in [-0.05, 0) is 41.9 Å². The number of carbonyl (C=O) groups is 1. The first-order chi connectivity index (χ1) is 5.79. The molecule has 0 heterocycles. The average molecular weight is 162 g/mol. The number of allylic oxidation sites excluding steroid dienone is 1. The molecule has 62 valence electrons. The molecule has 0 aromatic rings. The molecule has 0 aliphatic heterocycles. The Morgan fingerprint density at radius 1 is 1.42 bits per heavy atom. The normalized spacial score (nSPS) is 62.2. The lowest BCUT2D eigenvalue weighted by Crippen LogP contribution is -2.12. The van der Waals surface area contributed by atoms with Crippen LogP contribution in [0.15, 0.2) is 11.6 Å². The zero-order chi connectivity index (χ0) is 8.03. The van der Waals surface area contributed by atoms with Crippen molar-refractivity contribution in [2.75, 3.05) is 0 Å². The fourth-order valence-corrected chi connectivity index (χ4v) is 4.42. The van der Waals surface area contributed by atoms with Crippen molar-refractivity contribution >= 4 is 5.97 Å². The van der Waals surface area contributed by atoms with E-state index in [0.717, 1.165) is 29.2 Å². The SMILES string of the molecule is O=C(O)C1=C[C@@H]2[C@H]3C[C@H]4[C@@H]2[C@H]4[C@@H]13. The number of carboxylic acid groups (broad SMARTS) is 1. The highest BCUT2D eigenvalue weighted by Gasteiger charge is 2.76. The van der Waals surface area contributed by atoms with Crippen molar-refractivity contribution < 1.29 is 9.90 Å². The number of hydrogen-bond acceptors (Lipinski definition) is 1. The molecule has 4 fully saturated rings. The highest BCUT2D eigenvalue weighted by molar-refractivity contribution is 5.89. The van der Waals surface area contributed by atoms with Gasteiger partial charge in [-0.3, -0.25) is 0 Å². The lowest BCUT2D eigenvalue weighted by Gasteiger charge is -2.09. The molecule has 6 atom stereocenters. The maximum atomic E-state index is 10.9. The smallest absolute Gasteiger partial charge is 0.331 e. The van der Waals surface area contributed by atoms with E-state index in [4.69, 9.17) is 5.11 Å². The van der Waals surface area contributed by atoms with Gasteiger partial charge < -0.3 is 5.11 Å². The molecule has 2 heteroatoms. The van der Waals surface area contributed by atoms with Crippen molar-refractivity contribution in [3.63, 3.8) is 0 Å². The van der Waals surface area contributed by atoms with E-state index in [2.05, 4.69) is 6.08 Å². The second kappa shape index (κ2) is 1.36. The Hall–Kier alpha value is -0.790. The molecule has 4 saturated carbocycles. The lowest BCUT2D eigenvalue weighted by molar-refractivity contribution is -0.133. The van der Waals surface area contributed by atoms with Crippen molar-refractivity contribution in [2.24, 2.45) is 35.5 Å². The van der Waals surface area contributed by atoms with Crippen LogP contribution >= 0.6 is 0 Å². The molecule has 1 N–H and O–H groups in total. The van der Waals surface area contributed by atoms with Gasteiger partial charge in [0.15, 0.2) is 0 Å². The zero-order valence-electron chi connectivity index (χ0n) is 6.60. The van der Waals surface area contributed by atoms with Gasteiger partial charge >= 0.3 is 5.97 Å². The van der Waals surface area contributed by atoms with Gasteiger partial charge in [0.05, 0.1) is 0 Å². The summed E-state index contributed by atoms with van der Waals surface area (Å²) < 4.78 is 0. The van der Waals surface area contributed by atoms with Crippen LogP contribution in [-0.2, 0) is 4.79 Å². The summed E-state index contributed by atoms with van der Waals surface area (Å²) >= 11 is 0. The van der Waals surface area contributed by atoms with Gasteiger partial charge in [0.1, 0.15) is 0 Å². The molecule has 12 heavy (non-hydrogen) atoms. The minimum atomic E-state index is -0.654. The Balaban J connectivity index is 1.87. The largest absolute Gasteiger partial charge is 0.478 e. The van der Waals surface area contributed by atoms with Crippen molar-refractivity contribution in [2.45, 2.75) is 6.42 Å². The maximum Gasteiger partial charge on any atom is 0.331 e. The number of aliphatic carboxylic acids is 1. The summed E-state index contributed by atoms with van der Waals surface area (Å²) in [4.78, 5) is 10.9. The van der Waals surface area contributed by atoms with E-state index < -0.39 is 5.97 Å². The topological polar surface area (TPSA) is 37.3 Å². The molecular weight excluding hydrogens is 152 g/mol. The van der Waals surface area contributed by atoms with E-state index in [1.165, 1.54) is 6.42 Å². The zero-order valence-corrected chi connectivity index (χ0v) is 6.60. The lowest BCUT2D eigenvalue weighted by atomic mass is 9.95. The van der Waals surface area contributed by atoms with E-state index in [9.17, 15) is 4.79 Å². The van der Waals surface area contributed by atoms with Crippen LogP contribution < -0.4 is 0 Å². The van der Waals surface area contributed by atoms with Gasteiger partial charge in [0.25, 0.3) is 0 Å². The fourth-order valence-electron chi connectivity index (χ4n) is 4.42. The van der Waals surface area contributed by atoms with E-state index in [1.54, 1.807) is 0 Å². The van der Waals surface area contributed by atoms with Crippen LogP contribution in [0.5, 0.6) is 0 Å². The number of rotatable bonds is 1. The van der Waals surface area contributed by atoms with Gasteiger partial charge in [0.2, 0.25) is 0 Å². The molecule has 0 saturated heterocycles. The number of hydrogen-bond donors (Lipinski definition) is 1. The standard InChI is InChI=1S/C10H10O2/c11-10(12)6-2-4-3-1-5-7(4)9(5)8(3)6/h2-5,7-9H,1H2,(H,11,12)/t3-,4-,5+,7-,8-,9+/m1/s1. The molecule has 5 aliphatic rings. The first kappa shape index (κ1) is 5.79. The molecule has 0 radical (unpaired) electrons. The first-order valence-corrected chi connectivity index (χ1v) is 4.74. The molecule has 5 rings (SSSR count). The molecule has 0 unspecified atom stereocenters. The molecule has 5 aliphatic carbocycles. The van der Waals surface area contributed by atoms with Gasteiger partial charge in [-0.25, -0.2) is 4.79 Å². The van der Waals surface area contributed by atoms with Crippen molar-refractivity contribution in [3.8, 4) is 0 Å². The Kier molecular flexibility index (Phi) is 0.657. The summed E-state index contributed by atoms with van der Waals surface area (Å²) in [6.07, 6.45) is 3.39. The highest BCUT2D eigenvalue weighted by Crippen LogP contribution is 2.80. The van der Waals surface area contributed by atoms with Crippen molar-refractivity contribution in [3.05, 3.63) is 11.6 Å². The molecule has 2 nitrogen and oxygen atoms in total. The van der Waals surface area contributed by atoms with Crippen LogP contribution in [0.2, 0.25) is 0 Å². The molecule has 0 amide bonds. The maximum absolute atomic E-state index is 10.9. The quantitative estimate of drug-likeness (QED) is 0.627. The Labute approximate surface area is 70.3 Å². The van der Waals surface area contributed by atoms with Crippen LogP contribution in [0, 0.1) is 35.5 Å². The molecule has 0 aromatic carbocycles. The highest BCUT2D eigenvalue weighted by atomic mass is 16.4. The minimum absolute atomic E-state index is 0.475. The van der Waals surface area contributed by atoms with Crippen molar-refractivity contribution in [1.29, 1.82) is 0 Å². The molecule has 0 aromatic heterocycles. The van der Waals surface area contributed by atoms with Crippen molar-refractivity contribution in [1.82, 2.24) is 0 Å². The average Bonchev–Trinajstić information content (AvgIpc) is 2.45. The predicted octanol–water partition coefficient (Wildman–Crippen LogP) is 1.14. The minimum Gasteiger partial charge on any atom is -0.478 e. The van der Waals surface area contributed by atoms with E-state index >= 15 is 0 Å². The van der Waals surface area contributed by atoms with Crippen LogP contribution in [0.25, 0.3) is 0 Å². The number of carboxylic acids is 1. The molecule has 6 bridgehead atoms. The van der Waals surface area contributed by atoms with Gasteiger partial charge in [-0.15, -0.1) is 0 Å². The Morgan fingerprint density at radius 3 is 2.75 bits per heavy atom. The van der Waals surface area contributed by atoms with Gasteiger partial charge in [0, 0.05) is 5.57 Å². The summed E-state index contributed by atoms with van der Waals surface area (Å²) in [5.41, 5.74) is 0.756. The third-order valence-corrected chi connectivity index (χ3v) is 4.63. The Morgan fingerprint density at radius 2 is 2.25 bits per heavy atom. The van der Waals surface area contributed by atoms with E-state index in [1.807, 2.05) is 0 Å². The van der Waals surface area contributed by atoms with Crippen LogP contribution in [-0.4, -0.2) is 11.1 Å². The predicted molar refractivity (Wildman–Crippen MR) is 41.3 cm³/mol. The van der Waals surface area contributed by atoms with Crippen LogP contribution in [0.4, 0.5) is 0 Å². The van der Waals surface area contributed by atoms with Gasteiger partial charge in [-0.1, -0.05) is 6.08 Å². The van der Waals surface area contributed by atoms with Crippen LogP contribution in [0.3, 0.4) is 0 Å². The Bertz CT molecular complexity index is 331. The first-order valence-electron chi connectivity index (χ1n) is 4.74. The fraction of sp³-hybridized carbons (Fsp3) is 0.700. The summed E-state index contributed by atoms with van der Waals surface area (Å²) in [7, 11) is 0. The van der Waals surface area contributed by atoms with E-state index in [0.29, 0.717) is 11.8 Å². The molecular formula is C10H10O2. The van der Waals surface area contributed by atoms with E-state index in [-0.39, 0.29) is 0 Å².